The highest BCUT2D eigenvalue weighted by atomic mass is 31.1. The summed E-state index contributed by atoms with van der Waals surface area (Å²) in [5.41, 5.74) is 0. The maximum absolute atomic E-state index is 10.8. The molecule has 0 aromatic carbocycles. The first kappa shape index (κ1) is 13.7. The molecule has 0 amide bonds. The van der Waals surface area contributed by atoms with Gasteiger partial charge in [-0.05, 0) is 6.42 Å². The van der Waals surface area contributed by atoms with Gasteiger partial charge in [0.05, 0.1) is 12.9 Å². The molecule has 3 nitrogen and oxygen atoms in total. The average Bonchev–Trinajstić information content (AvgIpc) is 2.17. The van der Waals surface area contributed by atoms with E-state index >= 15 is 0 Å². The van der Waals surface area contributed by atoms with Gasteiger partial charge in [-0.3, -0.25) is 0 Å². The first-order valence-electron chi connectivity index (χ1n) is 5.25. The van der Waals surface area contributed by atoms with Crippen molar-refractivity contribution < 1.29 is 13.6 Å². The molecule has 0 N–H and O–H groups in total. The number of unbranched alkanes of at least 4 members (excludes halogenated alkanes) is 5. The summed E-state index contributed by atoms with van der Waals surface area (Å²) in [5.74, 6) is 0. The Kier molecular flexibility index (Phi) is 10.6. The Balaban J connectivity index is 3.05. The molecule has 0 heterocycles. The van der Waals surface area contributed by atoms with Crippen LogP contribution in [0.2, 0.25) is 0 Å². The first-order chi connectivity index (χ1) is 6.81. The van der Waals surface area contributed by atoms with Crippen molar-refractivity contribution in [2.75, 3.05) is 6.61 Å². The van der Waals surface area contributed by atoms with Crippen LogP contribution in [0.4, 0.5) is 0 Å². The van der Waals surface area contributed by atoms with Gasteiger partial charge >= 0.3 is 8.25 Å². The SMILES string of the molecule is C=CO[PH](=O)OCCCCCCCC. The van der Waals surface area contributed by atoms with Crippen molar-refractivity contribution in [3.8, 4) is 0 Å². The monoisotopic (exact) mass is 220 g/mol. The second-order valence-corrected chi connectivity index (χ2v) is 4.18. The maximum Gasteiger partial charge on any atom is 0.367 e. The molecule has 1 atom stereocenters. The van der Waals surface area contributed by atoms with E-state index in [0.717, 1.165) is 19.1 Å². The van der Waals surface area contributed by atoms with Crippen molar-refractivity contribution in [2.24, 2.45) is 0 Å². The Morgan fingerprint density at radius 2 is 1.86 bits per heavy atom. The molecule has 0 rings (SSSR count). The lowest BCUT2D eigenvalue weighted by atomic mass is 10.1. The first-order valence-corrected chi connectivity index (χ1v) is 6.48. The highest BCUT2D eigenvalue weighted by Crippen LogP contribution is 2.23. The van der Waals surface area contributed by atoms with E-state index in [-0.39, 0.29) is 0 Å². The minimum absolute atomic E-state index is 0.526. The quantitative estimate of drug-likeness (QED) is 0.318. The van der Waals surface area contributed by atoms with Crippen LogP contribution in [0, 0.1) is 0 Å². The maximum atomic E-state index is 10.8. The lowest BCUT2D eigenvalue weighted by Gasteiger charge is -2.02. The molecule has 0 aromatic heterocycles. The van der Waals surface area contributed by atoms with Crippen LogP contribution >= 0.6 is 8.25 Å². The van der Waals surface area contributed by atoms with E-state index in [1.807, 2.05) is 0 Å². The summed E-state index contributed by atoms with van der Waals surface area (Å²) in [4.78, 5) is 0. The van der Waals surface area contributed by atoms with Gasteiger partial charge < -0.3 is 9.05 Å². The van der Waals surface area contributed by atoms with Crippen LogP contribution in [-0.4, -0.2) is 6.61 Å². The van der Waals surface area contributed by atoms with Crippen molar-refractivity contribution >= 4 is 8.25 Å². The standard InChI is InChI=1S/C10H21O3P/c1-3-5-6-7-8-9-10-13-14(11)12-4-2/h4,14H,2-3,5-10H2,1H3. The molecular formula is C10H21O3P. The van der Waals surface area contributed by atoms with E-state index in [1.54, 1.807) is 0 Å². The van der Waals surface area contributed by atoms with E-state index in [4.69, 9.17) is 4.52 Å². The third-order valence-electron chi connectivity index (χ3n) is 1.90. The predicted octanol–water partition coefficient (Wildman–Crippen LogP) is 3.91. The molecule has 4 heteroatoms. The van der Waals surface area contributed by atoms with E-state index in [0.29, 0.717) is 6.61 Å². The second-order valence-electron chi connectivity index (χ2n) is 3.15. The van der Waals surface area contributed by atoms with Crippen molar-refractivity contribution in [2.45, 2.75) is 45.4 Å². The van der Waals surface area contributed by atoms with Gasteiger partial charge in [0, 0.05) is 0 Å². The molecule has 14 heavy (non-hydrogen) atoms. The molecule has 0 saturated carbocycles. The summed E-state index contributed by atoms with van der Waals surface area (Å²) >= 11 is 0. The fourth-order valence-electron chi connectivity index (χ4n) is 1.14. The lowest BCUT2D eigenvalue weighted by Crippen LogP contribution is -1.87. The highest BCUT2D eigenvalue weighted by Gasteiger charge is 1.96. The fraction of sp³-hybridized carbons (Fsp3) is 0.800. The number of hydrogen-bond donors (Lipinski definition) is 0. The largest absolute Gasteiger partial charge is 0.435 e. The fourth-order valence-corrected chi connectivity index (χ4v) is 1.66. The van der Waals surface area contributed by atoms with E-state index in [1.165, 1.54) is 25.7 Å². The Labute approximate surface area is 87.4 Å². The van der Waals surface area contributed by atoms with Gasteiger partial charge in [-0.25, -0.2) is 4.57 Å². The van der Waals surface area contributed by atoms with Gasteiger partial charge in [-0.2, -0.15) is 0 Å². The summed E-state index contributed by atoms with van der Waals surface area (Å²) in [6.45, 7) is 6.02. The highest BCUT2D eigenvalue weighted by molar-refractivity contribution is 7.33. The van der Waals surface area contributed by atoms with Gasteiger partial charge in [0.2, 0.25) is 0 Å². The average molecular weight is 220 g/mol. The minimum Gasteiger partial charge on any atom is -0.435 e. The number of rotatable bonds is 10. The molecule has 1 unspecified atom stereocenters. The summed E-state index contributed by atoms with van der Waals surface area (Å²) < 4.78 is 20.4. The topological polar surface area (TPSA) is 35.5 Å². The summed E-state index contributed by atoms with van der Waals surface area (Å²) in [5, 5.41) is 0. The van der Waals surface area contributed by atoms with Crippen LogP contribution < -0.4 is 0 Å². The molecule has 0 aliphatic rings. The van der Waals surface area contributed by atoms with Gasteiger partial charge in [0.15, 0.2) is 0 Å². The molecular weight excluding hydrogens is 199 g/mol. The normalized spacial score (nSPS) is 12.4. The second kappa shape index (κ2) is 10.8. The minimum atomic E-state index is -2.31. The van der Waals surface area contributed by atoms with Gasteiger partial charge in [0.25, 0.3) is 0 Å². The van der Waals surface area contributed by atoms with Gasteiger partial charge in [0.1, 0.15) is 0 Å². The molecule has 0 fully saturated rings. The Bertz CT molecular complexity index is 159. The van der Waals surface area contributed by atoms with E-state index in [2.05, 4.69) is 18.0 Å². The molecule has 0 spiro atoms. The van der Waals surface area contributed by atoms with Crippen molar-refractivity contribution in [1.82, 2.24) is 0 Å². The molecule has 0 radical (unpaired) electrons. The Morgan fingerprint density at radius 1 is 1.21 bits per heavy atom. The summed E-state index contributed by atoms with van der Waals surface area (Å²) in [6.07, 6.45) is 8.34. The molecule has 84 valence electrons. The number of hydrogen-bond acceptors (Lipinski definition) is 3. The Morgan fingerprint density at radius 3 is 2.50 bits per heavy atom. The van der Waals surface area contributed by atoms with E-state index < -0.39 is 8.25 Å². The van der Waals surface area contributed by atoms with Crippen LogP contribution in [0.1, 0.15) is 45.4 Å². The van der Waals surface area contributed by atoms with Crippen LogP contribution in [0.3, 0.4) is 0 Å². The smallest absolute Gasteiger partial charge is 0.367 e. The van der Waals surface area contributed by atoms with Crippen LogP contribution in [0.5, 0.6) is 0 Å². The van der Waals surface area contributed by atoms with E-state index in [9.17, 15) is 4.57 Å². The zero-order valence-electron chi connectivity index (χ0n) is 8.96. The predicted molar refractivity (Wildman–Crippen MR) is 59.6 cm³/mol. The van der Waals surface area contributed by atoms with Crippen LogP contribution in [0.15, 0.2) is 12.8 Å². The third kappa shape index (κ3) is 9.82. The molecule has 0 bridgehead atoms. The molecule has 0 aromatic rings. The zero-order valence-corrected chi connectivity index (χ0v) is 9.96. The Hall–Kier alpha value is -0.270. The summed E-state index contributed by atoms with van der Waals surface area (Å²) in [6, 6.07) is 0. The molecule has 0 saturated heterocycles. The van der Waals surface area contributed by atoms with Gasteiger partial charge in [-0.1, -0.05) is 45.6 Å². The molecule has 0 aliphatic carbocycles. The van der Waals surface area contributed by atoms with Crippen molar-refractivity contribution in [3.05, 3.63) is 12.8 Å². The van der Waals surface area contributed by atoms with Crippen molar-refractivity contribution in [3.63, 3.8) is 0 Å². The van der Waals surface area contributed by atoms with Crippen molar-refractivity contribution in [1.29, 1.82) is 0 Å². The molecule has 0 aliphatic heterocycles. The lowest BCUT2D eigenvalue weighted by molar-refractivity contribution is 0.264. The summed E-state index contributed by atoms with van der Waals surface area (Å²) in [7, 11) is -2.31. The zero-order chi connectivity index (χ0) is 10.6. The van der Waals surface area contributed by atoms with Crippen LogP contribution in [-0.2, 0) is 13.6 Å². The van der Waals surface area contributed by atoms with Crippen LogP contribution in [0.25, 0.3) is 0 Å². The van der Waals surface area contributed by atoms with Gasteiger partial charge in [-0.15, -0.1) is 0 Å². The third-order valence-corrected chi connectivity index (χ3v) is 2.70.